The normalized spacial score (nSPS) is 15.6. The molecule has 2 aromatic rings. The Balaban J connectivity index is 1.48. The number of nitrogens with two attached hydrogens (primary N) is 1. The van der Waals surface area contributed by atoms with Crippen molar-refractivity contribution in [1.82, 2.24) is 4.90 Å². The van der Waals surface area contributed by atoms with Crippen LogP contribution in [-0.2, 0) is 0 Å². The van der Waals surface area contributed by atoms with E-state index in [0.717, 1.165) is 32.7 Å². The highest BCUT2D eigenvalue weighted by Crippen LogP contribution is 2.17. The molecule has 1 aliphatic rings. The van der Waals surface area contributed by atoms with E-state index in [-0.39, 0.29) is 5.78 Å². The molecule has 0 amide bonds. The Hall–Kier alpha value is -2.33. The Morgan fingerprint density at radius 2 is 1.57 bits per heavy atom. The minimum Gasteiger partial charge on any atom is -0.398 e. The average molecular weight is 309 g/mol. The molecule has 4 nitrogen and oxygen atoms in total. The number of carbonyl (C=O) groups is 1. The molecule has 0 atom stereocenters. The number of hydrogen-bond donors (Lipinski definition) is 1. The third kappa shape index (κ3) is 3.90. The Labute approximate surface area is 137 Å². The van der Waals surface area contributed by atoms with Crippen molar-refractivity contribution < 1.29 is 4.79 Å². The van der Waals surface area contributed by atoms with E-state index in [1.807, 2.05) is 24.3 Å². The molecule has 120 valence electrons. The highest BCUT2D eigenvalue weighted by molar-refractivity contribution is 6.00. The first-order valence-corrected chi connectivity index (χ1v) is 8.14. The first-order chi connectivity index (χ1) is 11.2. The minimum atomic E-state index is 0.133. The smallest absolute Gasteiger partial charge is 0.166 e. The van der Waals surface area contributed by atoms with Crippen LogP contribution >= 0.6 is 0 Å². The third-order valence-corrected chi connectivity index (χ3v) is 4.41. The lowest BCUT2D eigenvalue weighted by atomic mass is 10.1. The number of anilines is 2. The number of para-hydroxylation sites is 2. The molecule has 1 aliphatic heterocycles. The molecule has 0 radical (unpaired) electrons. The molecule has 23 heavy (non-hydrogen) atoms. The van der Waals surface area contributed by atoms with Gasteiger partial charge in [-0.3, -0.25) is 9.69 Å². The zero-order valence-corrected chi connectivity index (χ0v) is 13.3. The zero-order chi connectivity index (χ0) is 16.1. The summed E-state index contributed by atoms with van der Waals surface area (Å²) in [6.07, 6.45) is 0.527. The highest BCUT2D eigenvalue weighted by Gasteiger charge is 2.18. The van der Waals surface area contributed by atoms with Crippen molar-refractivity contribution >= 4 is 17.2 Å². The summed E-state index contributed by atoms with van der Waals surface area (Å²) in [6, 6.07) is 17.8. The van der Waals surface area contributed by atoms with Crippen molar-refractivity contribution in [3.8, 4) is 0 Å². The van der Waals surface area contributed by atoms with Crippen LogP contribution in [-0.4, -0.2) is 43.4 Å². The molecule has 4 heteroatoms. The summed E-state index contributed by atoms with van der Waals surface area (Å²) in [5, 5.41) is 0. The van der Waals surface area contributed by atoms with Gasteiger partial charge in [0.2, 0.25) is 0 Å². The standard InChI is InChI=1S/C19H23N3O/c20-18-9-5-4-8-17(18)19(23)10-11-21-12-14-22(15-13-21)16-6-2-1-3-7-16/h1-9H,10-15,20H2. The van der Waals surface area contributed by atoms with Crippen LogP contribution in [0.3, 0.4) is 0 Å². The maximum absolute atomic E-state index is 12.3. The van der Waals surface area contributed by atoms with Gasteiger partial charge in [0.15, 0.2) is 5.78 Å². The first-order valence-electron chi connectivity index (χ1n) is 8.14. The number of nitrogens with zero attached hydrogens (tertiary/aromatic N) is 2. The molecule has 3 rings (SSSR count). The summed E-state index contributed by atoms with van der Waals surface area (Å²) in [4.78, 5) is 17.0. The molecule has 1 saturated heterocycles. The fourth-order valence-electron chi connectivity index (χ4n) is 3.01. The molecule has 2 N–H and O–H groups in total. The number of carbonyl (C=O) groups excluding carboxylic acids is 1. The van der Waals surface area contributed by atoms with Crippen LogP contribution < -0.4 is 10.6 Å². The molecule has 0 aliphatic carbocycles. The largest absolute Gasteiger partial charge is 0.398 e. The van der Waals surface area contributed by atoms with E-state index in [1.54, 1.807) is 6.07 Å². The molecule has 0 bridgehead atoms. The van der Waals surface area contributed by atoms with Gasteiger partial charge in [-0.05, 0) is 24.3 Å². The van der Waals surface area contributed by atoms with Crippen molar-refractivity contribution in [2.75, 3.05) is 43.4 Å². The molecule has 0 saturated carbocycles. The Morgan fingerprint density at radius 1 is 0.913 bits per heavy atom. The summed E-state index contributed by atoms with van der Waals surface area (Å²) in [5.74, 6) is 0.133. The predicted molar refractivity (Wildman–Crippen MR) is 94.9 cm³/mol. The molecule has 1 heterocycles. The minimum absolute atomic E-state index is 0.133. The van der Waals surface area contributed by atoms with Gasteiger partial charge in [0.1, 0.15) is 0 Å². The van der Waals surface area contributed by atoms with E-state index in [2.05, 4.69) is 34.1 Å². The van der Waals surface area contributed by atoms with E-state index in [9.17, 15) is 4.79 Å². The second kappa shape index (κ2) is 7.29. The van der Waals surface area contributed by atoms with Crippen molar-refractivity contribution in [1.29, 1.82) is 0 Å². The van der Waals surface area contributed by atoms with E-state index < -0.39 is 0 Å². The lowest BCUT2D eigenvalue weighted by Crippen LogP contribution is -2.46. The van der Waals surface area contributed by atoms with Crippen molar-refractivity contribution in [2.45, 2.75) is 6.42 Å². The number of rotatable bonds is 5. The number of ketones is 1. The van der Waals surface area contributed by atoms with Gasteiger partial charge in [-0.25, -0.2) is 0 Å². The fourth-order valence-corrected chi connectivity index (χ4v) is 3.01. The molecular formula is C19H23N3O. The van der Waals surface area contributed by atoms with E-state index in [1.165, 1.54) is 5.69 Å². The number of nitrogen functional groups attached to an aromatic ring is 1. The van der Waals surface area contributed by atoms with Crippen LogP contribution in [0.4, 0.5) is 11.4 Å². The van der Waals surface area contributed by atoms with Gasteiger partial charge < -0.3 is 10.6 Å². The van der Waals surface area contributed by atoms with Crippen LogP contribution in [0.25, 0.3) is 0 Å². The lowest BCUT2D eigenvalue weighted by molar-refractivity contribution is 0.0963. The Bertz CT molecular complexity index is 649. The molecule has 2 aromatic carbocycles. The lowest BCUT2D eigenvalue weighted by Gasteiger charge is -2.36. The predicted octanol–water partition coefficient (Wildman–Crippen LogP) is 2.66. The van der Waals surface area contributed by atoms with Crippen LogP contribution in [0.5, 0.6) is 0 Å². The molecule has 0 spiro atoms. The topological polar surface area (TPSA) is 49.6 Å². The van der Waals surface area contributed by atoms with Gasteiger partial charge in [-0.15, -0.1) is 0 Å². The van der Waals surface area contributed by atoms with Crippen LogP contribution in [0, 0.1) is 0 Å². The average Bonchev–Trinajstić information content (AvgIpc) is 2.61. The molecular weight excluding hydrogens is 286 g/mol. The Morgan fingerprint density at radius 3 is 2.26 bits per heavy atom. The third-order valence-electron chi connectivity index (χ3n) is 4.41. The Kier molecular flexibility index (Phi) is 4.93. The second-order valence-corrected chi connectivity index (χ2v) is 5.92. The molecule has 0 unspecified atom stereocenters. The van der Waals surface area contributed by atoms with Gasteiger partial charge in [-0.1, -0.05) is 30.3 Å². The zero-order valence-electron chi connectivity index (χ0n) is 13.3. The maximum Gasteiger partial charge on any atom is 0.166 e. The van der Waals surface area contributed by atoms with E-state index >= 15 is 0 Å². The van der Waals surface area contributed by atoms with Crippen LogP contribution in [0.1, 0.15) is 16.8 Å². The van der Waals surface area contributed by atoms with Crippen molar-refractivity contribution in [2.24, 2.45) is 0 Å². The number of hydrogen-bond acceptors (Lipinski definition) is 4. The van der Waals surface area contributed by atoms with Crippen LogP contribution in [0.15, 0.2) is 54.6 Å². The first kappa shape index (κ1) is 15.6. The quantitative estimate of drug-likeness (QED) is 0.681. The van der Waals surface area contributed by atoms with Gasteiger partial charge in [-0.2, -0.15) is 0 Å². The fraction of sp³-hybridized carbons (Fsp3) is 0.316. The van der Waals surface area contributed by atoms with Gasteiger partial charge >= 0.3 is 0 Å². The maximum atomic E-state index is 12.3. The number of Topliss-reactive ketones (excluding diaryl/α,β-unsaturated/α-hetero) is 1. The van der Waals surface area contributed by atoms with Crippen molar-refractivity contribution in [3.05, 3.63) is 60.2 Å². The van der Waals surface area contributed by atoms with E-state index in [4.69, 9.17) is 5.73 Å². The summed E-state index contributed by atoms with van der Waals surface area (Å²) in [7, 11) is 0. The van der Waals surface area contributed by atoms with Crippen LogP contribution in [0.2, 0.25) is 0 Å². The number of piperazine rings is 1. The molecule has 1 fully saturated rings. The van der Waals surface area contributed by atoms with Gasteiger partial charge in [0.25, 0.3) is 0 Å². The monoisotopic (exact) mass is 309 g/mol. The SMILES string of the molecule is Nc1ccccc1C(=O)CCN1CCN(c2ccccc2)CC1. The summed E-state index contributed by atoms with van der Waals surface area (Å²) in [6.45, 7) is 4.80. The summed E-state index contributed by atoms with van der Waals surface area (Å²) in [5.41, 5.74) is 8.37. The number of benzene rings is 2. The second-order valence-electron chi connectivity index (χ2n) is 5.92. The van der Waals surface area contributed by atoms with Gasteiger partial charge in [0.05, 0.1) is 0 Å². The summed E-state index contributed by atoms with van der Waals surface area (Å²) < 4.78 is 0. The summed E-state index contributed by atoms with van der Waals surface area (Å²) >= 11 is 0. The van der Waals surface area contributed by atoms with E-state index in [0.29, 0.717) is 17.7 Å². The molecule has 0 aromatic heterocycles. The highest BCUT2D eigenvalue weighted by atomic mass is 16.1. The van der Waals surface area contributed by atoms with Crippen molar-refractivity contribution in [3.63, 3.8) is 0 Å². The van der Waals surface area contributed by atoms with Gasteiger partial charge in [0, 0.05) is 56.1 Å².